The molecule has 0 rings (SSSR count). The zero-order chi connectivity index (χ0) is 39.0. The second kappa shape index (κ2) is 65.2. The largest absolute Gasteiger partial charge is 0.388 e. The van der Waals surface area contributed by atoms with Crippen LogP contribution >= 0.6 is 0 Å². The molecule has 0 aromatic carbocycles. The summed E-state index contributed by atoms with van der Waals surface area (Å²) >= 11 is 0. The number of nitrogens with one attached hydrogen (secondary N) is 2. The molecule has 0 atom stereocenters. The summed E-state index contributed by atoms with van der Waals surface area (Å²) in [5.41, 5.74) is 0.953. The summed E-state index contributed by atoms with van der Waals surface area (Å²) < 4.78 is 27.6. The molecule has 0 aliphatic carbocycles. The van der Waals surface area contributed by atoms with Gasteiger partial charge in [0.15, 0.2) is 0 Å². The van der Waals surface area contributed by atoms with E-state index in [0.29, 0.717) is 25.7 Å². The van der Waals surface area contributed by atoms with Crippen molar-refractivity contribution < 1.29 is 18.3 Å². The zero-order valence-corrected chi connectivity index (χ0v) is 34.2. The zero-order valence-electron chi connectivity index (χ0n) is 34.2. The fraction of sp³-hybridized carbons (Fsp3) is 0.667. The van der Waals surface area contributed by atoms with E-state index in [0.717, 1.165) is 5.57 Å². The van der Waals surface area contributed by atoms with E-state index in [1.807, 2.05) is 102 Å². The number of carbonyl (C=O) groups is 1. The van der Waals surface area contributed by atoms with E-state index in [9.17, 15) is 13.6 Å². The fourth-order valence-electron chi connectivity index (χ4n) is 2.36. The first kappa shape index (κ1) is 66.0. The fourth-order valence-corrected chi connectivity index (χ4v) is 2.36. The van der Waals surface area contributed by atoms with Crippen LogP contribution < -0.4 is 10.6 Å². The van der Waals surface area contributed by atoms with Gasteiger partial charge in [-0.25, -0.2) is 9.18 Å². The monoisotopic (exact) mass is 664 g/mol. The lowest BCUT2D eigenvalue weighted by atomic mass is 10.0. The molecule has 7 heteroatoms. The van der Waals surface area contributed by atoms with E-state index in [-0.39, 0.29) is 18.4 Å². The van der Waals surface area contributed by atoms with Gasteiger partial charge in [0.1, 0.15) is 5.83 Å². The molecule has 0 unspecified atom stereocenters. The summed E-state index contributed by atoms with van der Waals surface area (Å²) in [6.45, 7) is 46.7. The van der Waals surface area contributed by atoms with E-state index >= 15 is 0 Å². The van der Waals surface area contributed by atoms with Crippen molar-refractivity contribution in [3.8, 4) is 0 Å². The average molecular weight is 664 g/mol. The predicted octanol–water partition coefficient (Wildman–Crippen LogP) is 12.5. The van der Waals surface area contributed by atoms with Crippen LogP contribution in [-0.4, -0.2) is 64.0 Å². The lowest BCUT2D eigenvalue weighted by Crippen LogP contribution is -2.51. The van der Waals surface area contributed by atoms with E-state index in [1.165, 1.54) is 32.0 Å². The highest BCUT2D eigenvalue weighted by atomic mass is 19.1. The maximum Gasteiger partial charge on any atom is 0.318 e. The Kier molecular flexibility index (Phi) is 93.6. The van der Waals surface area contributed by atoms with Crippen molar-refractivity contribution in [2.45, 2.75) is 129 Å². The molecule has 0 aliphatic rings. The molecule has 2 N–H and O–H groups in total. The first-order valence-corrected chi connectivity index (χ1v) is 16.8. The highest BCUT2D eigenvalue weighted by molar-refractivity contribution is 5.75. The smallest absolute Gasteiger partial charge is 0.318 e. The third-order valence-electron chi connectivity index (χ3n) is 4.07. The Morgan fingerprint density at radius 3 is 1.43 bits per heavy atom. The third kappa shape index (κ3) is 68.6. The van der Waals surface area contributed by atoms with Crippen molar-refractivity contribution in [2.24, 2.45) is 0 Å². The van der Waals surface area contributed by atoms with Gasteiger partial charge in [-0.1, -0.05) is 99.8 Å². The summed E-state index contributed by atoms with van der Waals surface area (Å²) in [6.07, 6.45) is 11.4. The van der Waals surface area contributed by atoms with Gasteiger partial charge in [0.05, 0.1) is 7.18 Å². The normalized spacial score (nSPS) is 9.04. The molecule has 0 bridgehead atoms. The molecule has 0 spiro atoms. The van der Waals surface area contributed by atoms with Crippen molar-refractivity contribution in [1.29, 1.82) is 0 Å². The molecule has 0 aromatic heterocycles. The second-order valence-corrected chi connectivity index (χ2v) is 9.06. The number of rotatable bonds is 11. The standard InChI is InChI=1S/C18H29FN2O.C6H15N.2C3H6.C2H6O.3C2H6.CH3F/c1-8-11-14(4)12-20-17(22)21(18(5,6)7)13-15(9-2)16(19)10-3;1-3-5-7-6-4-2;3*1-3-2;4*1-2/h8,10-11H,3-4,9,12-13H2,1-2,5-7H3,(H,20,22);7H,3-6H2,1-2H3;2*3H,1H2,2H3;1-2H3;3*1-2H3;1H3/b11-8-,16-15-;;;;;;;;. The van der Waals surface area contributed by atoms with Crippen molar-refractivity contribution in [3.05, 3.63) is 73.7 Å². The van der Waals surface area contributed by atoms with Gasteiger partial charge in [0, 0.05) is 32.8 Å². The molecule has 0 aliphatic heterocycles. The Bertz CT molecular complexity index is 644. The number of ether oxygens (including phenoxy) is 1. The Balaban J connectivity index is -0.0000000666. The van der Waals surface area contributed by atoms with Gasteiger partial charge >= 0.3 is 6.03 Å². The summed E-state index contributed by atoms with van der Waals surface area (Å²) in [5, 5.41) is 6.11. The Hall–Kier alpha value is -2.51. The number of urea groups is 1. The number of carbonyl (C=O) groups excluding carboxylic acids is 1. The molecule has 280 valence electrons. The number of methoxy groups -OCH3 is 1. The lowest BCUT2D eigenvalue weighted by molar-refractivity contribution is 0.152. The minimum atomic E-state index is -0.423. The van der Waals surface area contributed by atoms with E-state index in [1.54, 1.807) is 31.3 Å². The van der Waals surface area contributed by atoms with Crippen LogP contribution in [0.3, 0.4) is 0 Å². The topological polar surface area (TPSA) is 53.6 Å². The van der Waals surface area contributed by atoms with Crippen molar-refractivity contribution in [1.82, 2.24) is 15.5 Å². The number of nitrogens with zero attached hydrogens (tertiary/aromatic N) is 1. The van der Waals surface area contributed by atoms with Crippen LogP contribution in [0.5, 0.6) is 0 Å². The molecular weight excluding hydrogens is 580 g/mol. The third-order valence-corrected chi connectivity index (χ3v) is 4.07. The van der Waals surface area contributed by atoms with Gasteiger partial charge in [-0.05, 0) is 91.1 Å². The molecule has 0 radical (unpaired) electrons. The van der Waals surface area contributed by atoms with Crippen LogP contribution in [0.25, 0.3) is 0 Å². The molecule has 0 saturated heterocycles. The molecule has 5 nitrogen and oxygen atoms in total. The SMILES string of the molecule is C=C/C(F)=C(\CC)CN(C(=O)NCC(=C)/C=C\C)C(C)(C)C.C=CC.C=CC.CC.CC.CC.CCCNCCC.CF.COC. The van der Waals surface area contributed by atoms with Crippen molar-refractivity contribution in [3.63, 3.8) is 0 Å². The first-order valence-electron chi connectivity index (χ1n) is 16.8. The number of hydrogen-bond donors (Lipinski definition) is 2. The minimum Gasteiger partial charge on any atom is -0.388 e. The first-order chi connectivity index (χ1) is 21.8. The van der Waals surface area contributed by atoms with Crippen LogP contribution in [0.4, 0.5) is 13.6 Å². The molecular formula is C39H83F2N3O2. The lowest BCUT2D eigenvalue weighted by Gasteiger charge is -2.36. The quantitative estimate of drug-likeness (QED) is 0.131. The molecule has 0 aromatic rings. The van der Waals surface area contributed by atoms with Crippen molar-refractivity contribution in [2.75, 3.05) is 47.6 Å². The Morgan fingerprint density at radius 1 is 0.848 bits per heavy atom. The Labute approximate surface area is 289 Å². The molecule has 2 amide bonds. The number of alkyl halides is 1. The predicted molar refractivity (Wildman–Crippen MR) is 212 cm³/mol. The highest BCUT2D eigenvalue weighted by Gasteiger charge is 2.27. The van der Waals surface area contributed by atoms with E-state index in [4.69, 9.17) is 0 Å². The number of halogens is 2. The van der Waals surface area contributed by atoms with Gasteiger partial charge < -0.3 is 20.3 Å². The molecule has 0 fully saturated rings. The molecule has 0 heterocycles. The maximum atomic E-state index is 13.8. The number of amides is 2. The molecule has 46 heavy (non-hydrogen) atoms. The van der Waals surface area contributed by atoms with Gasteiger partial charge in [-0.3, -0.25) is 4.39 Å². The van der Waals surface area contributed by atoms with Gasteiger partial charge in [-0.15, -0.1) is 13.2 Å². The average Bonchev–Trinajstić information content (AvgIpc) is 3.05. The summed E-state index contributed by atoms with van der Waals surface area (Å²) in [7, 11) is 3.75. The van der Waals surface area contributed by atoms with Crippen LogP contribution in [0.1, 0.15) is 123 Å². The van der Waals surface area contributed by atoms with Crippen molar-refractivity contribution >= 4 is 6.03 Å². The van der Waals surface area contributed by atoms with E-state index in [2.05, 4.69) is 55.5 Å². The summed E-state index contributed by atoms with van der Waals surface area (Å²) in [6, 6.07) is -0.235. The van der Waals surface area contributed by atoms with Crippen LogP contribution in [0.2, 0.25) is 0 Å². The number of allylic oxidation sites excluding steroid dienone is 5. The maximum absolute atomic E-state index is 13.8. The summed E-state index contributed by atoms with van der Waals surface area (Å²) in [4.78, 5) is 14.1. The van der Waals surface area contributed by atoms with E-state index < -0.39 is 5.54 Å². The van der Waals surface area contributed by atoms with Gasteiger partial charge in [0.2, 0.25) is 0 Å². The molecule has 0 saturated carbocycles. The summed E-state index contributed by atoms with van der Waals surface area (Å²) in [5.74, 6) is -0.358. The van der Waals surface area contributed by atoms with Crippen LogP contribution in [-0.2, 0) is 4.74 Å². The minimum absolute atomic E-state index is 0.235. The second-order valence-electron chi connectivity index (χ2n) is 9.06. The van der Waals surface area contributed by atoms with Gasteiger partial charge in [-0.2, -0.15) is 0 Å². The van der Waals surface area contributed by atoms with Crippen LogP contribution in [0, 0.1) is 0 Å². The van der Waals surface area contributed by atoms with Gasteiger partial charge in [0.25, 0.3) is 0 Å². The van der Waals surface area contributed by atoms with Crippen LogP contribution in [0.15, 0.2) is 73.7 Å². The Morgan fingerprint density at radius 2 is 1.20 bits per heavy atom. The highest BCUT2D eigenvalue weighted by Crippen LogP contribution is 2.20. The number of hydrogen-bond acceptors (Lipinski definition) is 3.